The van der Waals surface area contributed by atoms with Crippen LogP contribution >= 0.6 is 0 Å². The number of aromatic nitrogens is 2. The lowest BCUT2D eigenvalue weighted by atomic mass is 10.0. The van der Waals surface area contributed by atoms with E-state index in [1.165, 1.54) is 26.0 Å². The van der Waals surface area contributed by atoms with E-state index in [0.717, 1.165) is 9.13 Å². The molecule has 6 N–H and O–H groups in total. The minimum Gasteiger partial charge on any atom is -0.494 e. The van der Waals surface area contributed by atoms with E-state index >= 15 is 0 Å². The molecule has 31 heavy (non-hydrogen) atoms. The number of primary amides is 2. The third-order valence-corrected chi connectivity index (χ3v) is 5.05. The quantitative estimate of drug-likeness (QED) is 0.491. The molecular formula is C21H24N4O6. The summed E-state index contributed by atoms with van der Waals surface area (Å²) in [5.74, 6) is -2.85. The van der Waals surface area contributed by atoms with Gasteiger partial charge in [-0.25, -0.2) is 0 Å². The predicted octanol–water partition coefficient (Wildman–Crippen LogP) is 0.601. The molecule has 10 nitrogen and oxygen atoms in total. The van der Waals surface area contributed by atoms with Crippen molar-refractivity contribution < 1.29 is 19.8 Å². The standard InChI is InChI=1S/C21H24N4O6/c1-5-24-18(28)12(10(3)14(16(22)26)20(24)30)8-7-9-13-11(4)15(17(23)27)21(31)25(6-2)19(13)29/h8-9,30-31H,5-6H2,1-4H3,(H2,22,26)(H2,23,27). The summed E-state index contributed by atoms with van der Waals surface area (Å²) in [6.07, 6.45) is 2.50. The number of hydrogen-bond acceptors (Lipinski definition) is 6. The smallest absolute Gasteiger partial charge is 0.261 e. The van der Waals surface area contributed by atoms with E-state index in [1.807, 2.05) is 0 Å². The van der Waals surface area contributed by atoms with Crippen LogP contribution in [0.4, 0.5) is 0 Å². The van der Waals surface area contributed by atoms with E-state index < -0.39 is 34.7 Å². The number of nitrogens with two attached hydrogens (primary N) is 2. The number of nitrogens with zero attached hydrogens (tertiary/aromatic N) is 2. The molecule has 2 amide bonds. The number of carbonyl (C=O) groups is 2. The molecule has 0 aliphatic heterocycles. The summed E-state index contributed by atoms with van der Waals surface area (Å²) >= 11 is 0. The number of amides is 2. The van der Waals surface area contributed by atoms with Gasteiger partial charge in [0, 0.05) is 13.1 Å². The largest absolute Gasteiger partial charge is 0.494 e. The Balaban J connectivity index is 2.83. The fourth-order valence-corrected chi connectivity index (χ4v) is 3.40. The molecule has 0 unspecified atom stereocenters. The molecule has 0 fully saturated rings. The summed E-state index contributed by atoms with van der Waals surface area (Å²) < 4.78 is 1.98. The monoisotopic (exact) mass is 428 g/mol. The first-order valence-corrected chi connectivity index (χ1v) is 9.44. The zero-order chi connectivity index (χ0) is 23.6. The Morgan fingerprint density at radius 2 is 1.16 bits per heavy atom. The van der Waals surface area contributed by atoms with Crippen molar-refractivity contribution in [2.75, 3.05) is 0 Å². The van der Waals surface area contributed by atoms with Crippen LogP contribution in [0, 0.1) is 13.8 Å². The van der Waals surface area contributed by atoms with Crippen molar-refractivity contribution in [2.24, 2.45) is 11.5 Å². The van der Waals surface area contributed by atoms with Crippen LogP contribution in [-0.4, -0.2) is 31.2 Å². The van der Waals surface area contributed by atoms with Gasteiger partial charge in [-0.05, 0) is 51.0 Å². The number of hydrogen-bond donors (Lipinski definition) is 4. The molecular weight excluding hydrogens is 404 g/mol. The van der Waals surface area contributed by atoms with Crippen molar-refractivity contribution in [3.05, 3.63) is 59.8 Å². The molecule has 0 aliphatic rings. The third-order valence-electron chi connectivity index (χ3n) is 5.05. The average molecular weight is 428 g/mol. The second-order valence-corrected chi connectivity index (χ2v) is 6.76. The van der Waals surface area contributed by atoms with Gasteiger partial charge in [-0.3, -0.25) is 28.3 Å². The zero-order valence-electron chi connectivity index (χ0n) is 17.6. The van der Waals surface area contributed by atoms with Crippen molar-refractivity contribution in [2.45, 2.75) is 40.8 Å². The normalized spacial score (nSPS) is 10.5. The van der Waals surface area contributed by atoms with E-state index in [2.05, 4.69) is 5.73 Å². The molecule has 164 valence electrons. The Morgan fingerprint density at radius 1 is 0.839 bits per heavy atom. The van der Waals surface area contributed by atoms with Crippen LogP contribution < -0.4 is 22.6 Å². The van der Waals surface area contributed by atoms with Crippen LogP contribution in [0.2, 0.25) is 0 Å². The molecule has 0 spiro atoms. The topological polar surface area (TPSA) is 171 Å². The van der Waals surface area contributed by atoms with E-state index in [4.69, 9.17) is 11.5 Å². The maximum absolute atomic E-state index is 12.7. The van der Waals surface area contributed by atoms with Crippen molar-refractivity contribution in [3.63, 3.8) is 0 Å². The van der Waals surface area contributed by atoms with Crippen LogP contribution in [-0.2, 0) is 13.1 Å². The Labute approximate surface area is 177 Å². The van der Waals surface area contributed by atoms with Gasteiger partial charge in [0.25, 0.3) is 22.9 Å². The first-order chi connectivity index (χ1) is 14.5. The number of rotatable bonds is 6. The highest BCUT2D eigenvalue weighted by Crippen LogP contribution is 2.23. The molecule has 2 aromatic heterocycles. The molecule has 2 heterocycles. The molecule has 0 atom stereocenters. The van der Waals surface area contributed by atoms with Crippen molar-refractivity contribution >= 4 is 24.0 Å². The Bertz CT molecular complexity index is 1180. The van der Waals surface area contributed by atoms with Crippen LogP contribution in [0.3, 0.4) is 0 Å². The van der Waals surface area contributed by atoms with E-state index in [9.17, 15) is 29.4 Å². The second kappa shape index (κ2) is 8.76. The summed E-state index contributed by atoms with van der Waals surface area (Å²) in [6, 6.07) is 0. The maximum Gasteiger partial charge on any atom is 0.261 e. The first-order valence-electron chi connectivity index (χ1n) is 9.44. The van der Waals surface area contributed by atoms with Gasteiger partial charge in [-0.2, -0.15) is 0 Å². The molecule has 0 saturated heterocycles. The lowest BCUT2D eigenvalue weighted by Crippen LogP contribution is -2.27. The minimum absolute atomic E-state index is 0.0482. The molecule has 0 radical (unpaired) electrons. The molecule has 10 heteroatoms. The van der Waals surface area contributed by atoms with E-state index in [0.29, 0.717) is 0 Å². The van der Waals surface area contributed by atoms with E-state index in [-0.39, 0.29) is 46.5 Å². The van der Waals surface area contributed by atoms with Gasteiger partial charge < -0.3 is 21.7 Å². The van der Waals surface area contributed by atoms with Crippen molar-refractivity contribution in [1.82, 2.24) is 9.13 Å². The second-order valence-electron chi connectivity index (χ2n) is 6.76. The van der Waals surface area contributed by atoms with E-state index in [1.54, 1.807) is 13.8 Å². The third kappa shape index (κ3) is 3.88. The van der Waals surface area contributed by atoms with Crippen LogP contribution in [0.5, 0.6) is 11.8 Å². The van der Waals surface area contributed by atoms with Crippen molar-refractivity contribution in [3.8, 4) is 11.8 Å². The van der Waals surface area contributed by atoms with Crippen LogP contribution in [0.25, 0.3) is 12.2 Å². The lowest BCUT2D eigenvalue weighted by molar-refractivity contribution is 0.0986. The SMILES string of the molecule is CCn1c(O)c(C(N)=O)c(C)c(C=C=Cc2c(C)c(C(N)=O)c(O)n(CC)c2=O)c1=O. The highest BCUT2D eigenvalue weighted by atomic mass is 16.3. The predicted molar refractivity (Wildman–Crippen MR) is 115 cm³/mol. The molecule has 2 rings (SSSR count). The number of aromatic hydroxyl groups is 2. The average Bonchev–Trinajstić information content (AvgIpc) is 2.66. The fourth-order valence-electron chi connectivity index (χ4n) is 3.40. The van der Waals surface area contributed by atoms with Gasteiger partial charge in [-0.15, -0.1) is 5.73 Å². The summed E-state index contributed by atoms with van der Waals surface area (Å²) in [5.41, 5.74) is 12.3. The number of carbonyl (C=O) groups excluding carboxylic acids is 2. The van der Waals surface area contributed by atoms with Gasteiger partial charge in [0.2, 0.25) is 11.8 Å². The lowest BCUT2D eigenvalue weighted by Gasteiger charge is -2.14. The van der Waals surface area contributed by atoms with Crippen LogP contribution in [0.1, 0.15) is 56.8 Å². The molecule has 0 bridgehead atoms. The van der Waals surface area contributed by atoms with Crippen LogP contribution in [0.15, 0.2) is 15.3 Å². The maximum atomic E-state index is 12.7. The van der Waals surface area contributed by atoms with Gasteiger partial charge >= 0.3 is 0 Å². The summed E-state index contributed by atoms with van der Waals surface area (Å²) in [5, 5.41) is 20.4. The fraction of sp³-hybridized carbons (Fsp3) is 0.286. The summed E-state index contributed by atoms with van der Waals surface area (Å²) in [7, 11) is 0. The van der Waals surface area contributed by atoms with Gasteiger partial charge in [0.15, 0.2) is 0 Å². The number of pyridine rings is 2. The van der Waals surface area contributed by atoms with Gasteiger partial charge in [-0.1, -0.05) is 0 Å². The highest BCUT2D eigenvalue weighted by Gasteiger charge is 2.22. The minimum atomic E-state index is -0.901. The Kier molecular flexibility index (Phi) is 6.57. The van der Waals surface area contributed by atoms with Gasteiger partial charge in [0.1, 0.15) is 11.1 Å². The summed E-state index contributed by atoms with van der Waals surface area (Å²) in [6.45, 7) is 6.32. The van der Waals surface area contributed by atoms with Gasteiger partial charge in [0.05, 0.1) is 11.1 Å². The molecule has 2 aromatic rings. The molecule has 0 aromatic carbocycles. The molecule has 0 saturated carbocycles. The Hall–Kier alpha value is -4.04. The first kappa shape index (κ1) is 23.2. The summed E-state index contributed by atoms with van der Waals surface area (Å²) in [4.78, 5) is 48.9. The Morgan fingerprint density at radius 3 is 1.42 bits per heavy atom. The zero-order valence-corrected chi connectivity index (χ0v) is 17.6. The highest BCUT2D eigenvalue weighted by molar-refractivity contribution is 5.98. The van der Waals surface area contributed by atoms with Crippen molar-refractivity contribution in [1.29, 1.82) is 0 Å². The molecule has 0 aliphatic carbocycles.